The average molecular weight is 320 g/mol. The van der Waals surface area contributed by atoms with Gasteiger partial charge in [0.1, 0.15) is 6.61 Å². The lowest BCUT2D eigenvalue weighted by atomic mass is 10.2. The average Bonchev–Trinajstić information content (AvgIpc) is 2.41. The SMILES string of the molecule is CC(CCS(=O)(=O)Cl)N(C)C(=O)OCc1ccccc1. The number of halogens is 1. The molecule has 1 amide bonds. The van der Waals surface area contributed by atoms with Gasteiger partial charge in [0.2, 0.25) is 9.05 Å². The maximum atomic E-state index is 11.8. The van der Waals surface area contributed by atoms with Gasteiger partial charge in [-0.2, -0.15) is 0 Å². The van der Waals surface area contributed by atoms with E-state index in [9.17, 15) is 13.2 Å². The third-order valence-electron chi connectivity index (χ3n) is 2.93. The maximum Gasteiger partial charge on any atom is 0.410 e. The van der Waals surface area contributed by atoms with Gasteiger partial charge in [-0.15, -0.1) is 0 Å². The van der Waals surface area contributed by atoms with Gasteiger partial charge >= 0.3 is 6.09 Å². The van der Waals surface area contributed by atoms with E-state index in [-0.39, 0.29) is 24.8 Å². The van der Waals surface area contributed by atoms with Gasteiger partial charge in [0.25, 0.3) is 0 Å². The Balaban J connectivity index is 2.42. The molecule has 0 aliphatic rings. The number of rotatable bonds is 6. The van der Waals surface area contributed by atoms with Crippen molar-refractivity contribution in [2.45, 2.75) is 26.0 Å². The van der Waals surface area contributed by atoms with Crippen molar-refractivity contribution < 1.29 is 17.9 Å². The van der Waals surface area contributed by atoms with Gasteiger partial charge in [0, 0.05) is 23.8 Å². The van der Waals surface area contributed by atoms with Crippen molar-refractivity contribution in [3.8, 4) is 0 Å². The van der Waals surface area contributed by atoms with E-state index in [0.29, 0.717) is 0 Å². The molecule has 0 radical (unpaired) electrons. The topological polar surface area (TPSA) is 63.7 Å². The highest BCUT2D eigenvalue weighted by atomic mass is 35.7. The molecule has 1 unspecified atom stereocenters. The third kappa shape index (κ3) is 6.25. The van der Waals surface area contributed by atoms with Crippen molar-refractivity contribution in [2.75, 3.05) is 12.8 Å². The van der Waals surface area contributed by atoms with Gasteiger partial charge in [-0.3, -0.25) is 0 Å². The van der Waals surface area contributed by atoms with Crippen LogP contribution >= 0.6 is 10.7 Å². The summed E-state index contributed by atoms with van der Waals surface area (Å²) in [4.78, 5) is 13.2. The summed E-state index contributed by atoms with van der Waals surface area (Å²) in [7, 11) is 3.17. The monoisotopic (exact) mass is 319 g/mol. The molecule has 1 aromatic rings. The summed E-state index contributed by atoms with van der Waals surface area (Å²) in [6.07, 6.45) is -0.226. The number of ether oxygens (including phenoxy) is 1. The van der Waals surface area contributed by atoms with E-state index in [0.717, 1.165) is 5.56 Å². The number of hydrogen-bond acceptors (Lipinski definition) is 4. The first-order valence-corrected chi connectivity index (χ1v) is 8.63. The van der Waals surface area contributed by atoms with E-state index >= 15 is 0 Å². The first-order chi connectivity index (χ1) is 9.29. The van der Waals surface area contributed by atoms with Gasteiger partial charge < -0.3 is 9.64 Å². The Morgan fingerprint density at radius 2 is 1.95 bits per heavy atom. The van der Waals surface area contributed by atoms with Crippen LogP contribution in [0.5, 0.6) is 0 Å². The van der Waals surface area contributed by atoms with Gasteiger partial charge in [0.15, 0.2) is 0 Å². The van der Waals surface area contributed by atoms with Crippen LogP contribution in [0.25, 0.3) is 0 Å². The summed E-state index contributed by atoms with van der Waals surface area (Å²) in [6.45, 7) is 1.93. The minimum atomic E-state index is -3.54. The normalized spacial score (nSPS) is 12.8. The van der Waals surface area contributed by atoms with Crippen LogP contribution in [0.4, 0.5) is 4.79 Å². The summed E-state index contributed by atoms with van der Waals surface area (Å²) in [5, 5.41) is 0. The van der Waals surface area contributed by atoms with E-state index < -0.39 is 15.1 Å². The van der Waals surface area contributed by atoms with Crippen molar-refractivity contribution in [3.05, 3.63) is 35.9 Å². The van der Waals surface area contributed by atoms with E-state index in [1.807, 2.05) is 30.3 Å². The maximum absolute atomic E-state index is 11.8. The minimum absolute atomic E-state index is 0.175. The predicted octanol–water partition coefficient (Wildman–Crippen LogP) is 2.60. The van der Waals surface area contributed by atoms with Crippen LogP contribution in [0.1, 0.15) is 18.9 Å². The zero-order chi connectivity index (χ0) is 15.2. The van der Waals surface area contributed by atoms with Crippen molar-refractivity contribution in [1.82, 2.24) is 4.90 Å². The van der Waals surface area contributed by atoms with Crippen molar-refractivity contribution in [3.63, 3.8) is 0 Å². The minimum Gasteiger partial charge on any atom is -0.445 e. The van der Waals surface area contributed by atoms with Crippen molar-refractivity contribution in [2.24, 2.45) is 0 Å². The molecule has 1 atom stereocenters. The molecular formula is C13H18ClNO4S. The Kier molecular flexibility index (Phi) is 6.29. The number of hydrogen-bond donors (Lipinski definition) is 0. The second-order valence-corrected chi connectivity index (χ2v) is 7.43. The standard InChI is InChI=1S/C13H18ClNO4S/c1-11(8-9-20(14,17)18)15(2)13(16)19-10-12-6-4-3-5-7-12/h3-7,11H,8-10H2,1-2H3. The number of carbonyl (C=O) groups is 1. The fourth-order valence-electron chi connectivity index (χ4n) is 1.51. The van der Waals surface area contributed by atoms with E-state index in [4.69, 9.17) is 15.4 Å². The van der Waals surface area contributed by atoms with Crippen molar-refractivity contribution in [1.29, 1.82) is 0 Å². The molecule has 1 rings (SSSR count). The number of carbonyl (C=O) groups excluding carboxylic acids is 1. The molecule has 7 heteroatoms. The summed E-state index contributed by atoms with van der Waals surface area (Å²) < 4.78 is 26.9. The molecule has 1 aromatic carbocycles. The Morgan fingerprint density at radius 3 is 2.50 bits per heavy atom. The van der Waals surface area contributed by atoms with Gasteiger partial charge in [-0.1, -0.05) is 30.3 Å². The summed E-state index contributed by atoms with van der Waals surface area (Å²) in [6, 6.07) is 9.05. The lowest BCUT2D eigenvalue weighted by Gasteiger charge is -2.23. The highest BCUT2D eigenvalue weighted by molar-refractivity contribution is 8.13. The summed E-state index contributed by atoms with van der Waals surface area (Å²) in [5.41, 5.74) is 0.894. The van der Waals surface area contributed by atoms with Crippen LogP contribution in [-0.4, -0.2) is 38.3 Å². The highest BCUT2D eigenvalue weighted by Gasteiger charge is 2.19. The smallest absolute Gasteiger partial charge is 0.410 e. The number of nitrogens with zero attached hydrogens (tertiary/aromatic N) is 1. The fourth-order valence-corrected chi connectivity index (χ4v) is 2.40. The van der Waals surface area contributed by atoms with E-state index in [2.05, 4.69) is 0 Å². The molecule has 0 aliphatic carbocycles. The lowest BCUT2D eigenvalue weighted by Crippen LogP contribution is -2.36. The molecule has 0 bridgehead atoms. The van der Waals surface area contributed by atoms with Gasteiger partial charge in [0.05, 0.1) is 5.75 Å². The Bertz CT molecular complexity index is 533. The number of benzene rings is 1. The summed E-state index contributed by atoms with van der Waals surface area (Å²) in [5.74, 6) is -0.175. The molecule has 20 heavy (non-hydrogen) atoms. The highest BCUT2D eigenvalue weighted by Crippen LogP contribution is 2.09. The van der Waals surface area contributed by atoms with Crippen LogP contribution in [0.3, 0.4) is 0 Å². The zero-order valence-electron chi connectivity index (χ0n) is 11.5. The van der Waals surface area contributed by atoms with Crippen LogP contribution < -0.4 is 0 Å². The predicted molar refractivity (Wildman–Crippen MR) is 78.1 cm³/mol. The zero-order valence-corrected chi connectivity index (χ0v) is 13.0. The first kappa shape index (κ1) is 16.8. The molecule has 5 nitrogen and oxygen atoms in total. The molecule has 0 aromatic heterocycles. The van der Waals surface area contributed by atoms with Crippen LogP contribution in [-0.2, 0) is 20.4 Å². The molecule has 0 saturated heterocycles. The second kappa shape index (κ2) is 7.50. The van der Waals surface area contributed by atoms with Crippen LogP contribution in [0.2, 0.25) is 0 Å². The molecule has 0 N–H and O–H groups in total. The molecule has 0 fully saturated rings. The molecule has 0 spiro atoms. The van der Waals surface area contributed by atoms with Gasteiger partial charge in [-0.05, 0) is 18.9 Å². The summed E-state index contributed by atoms with van der Waals surface area (Å²) >= 11 is 0. The number of amides is 1. The molecule has 0 heterocycles. The third-order valence-corrected chi connectivity index (χ3v) is 4.12. The first-order valence-electron chi connectivity index (χ1n) is 6.15. The molecule has 0 saturated carbocycles. The Hall–Kier alpha value is -1.27. The quantitative estimate of drug-likeness (QED) is 0.756. The fraction of sp³-hybridized carbons (Fsp3) is 0.462. The Labute approximate surface area is 123 Å². The lowest BCUT2D eigenvalue weighted by molar-refractivity contribution is 0.0930. The van der Waals surface area contributed by atoms with E-state index in [1.165, 1.54) is 4.90 Å². The largest absolute Gasteiger partial charge is 0.445 e. The van der Waals surface area contributed by atoms with Crippen LogP contribution in [0.15, 0.2) is 30.3 Å². The molecular weight excluding hydrogens is 302 g/mol. The van der Waals surface area contributed by atoms with Gasteiger partial charge in [-0.25, -0.2) is 13.2 Å². The Morgan fingerprint density at radius 1 is 1.35 bits per heavy atom. The second-order valence-electron chi connectivity index (χ2n) is 4.53. The van der Waals surface area contributed by atoms with Crippen molar-refractivity contribution >= 4 is 25.8 Å². The van der Waals surface area contributed by atoms with Crippen LogP contribution in [0, 0.1) is 0 Å². The molecule has 0 aliphatic heterocycles. The molecule has 112 valence electrons. The van der Waals surface area contributed by atoms with E-state index in [1.54, 1.807) is 14.0 Å².